The summed E-state index contributed by atoms with van der Waals surface area (Å²) in [7, 11) is 0. The number of phenols is 1. The van der Waals surface area contributed by atoms with E-state index >= 15 is 0 Å². The Bertz CT molecular complexity index is 760. The molecule has 22 heavy (non-hydrogen) atoms. The first-order chi connectivity index (χ1) is 10.2. The summed E-state index contributed by atoms with van der Waals surface area (Å²) in [5.74, 6) is -14.9. The van der Waals surface area contributed by atoms with E-state index in [0.717, 1.165) is 0 Å². The first-order valence-electron chi connectivity index (χ1n) is 5.47. The molecule has 2 rings (SSSR count). The molecule has 0 saturated carbocycles. The monoisotopic (exact) mass is 323 g/mol. The minimum atomic E-state index is -2.37. The predicted octanol–water partition coefficient (Wildman–Crippen LogP) is 4.12. The Hall–Kier alpha value is -2.58. The molecule has 0 spiro atoms. The van der Waals surface area contributed by atoms with Crippen molar-refractivity contribution >= 4 is 11.9 Å². The van der Waals surface area contributed by atoms with Gasteiger partial charge in [0.1, 0.15) is 11.5 Å². The normalized spacial score (nSPS) is 11.4. The summed E-state index contributed by atoms with van der Waals surface area (Å²) < 4.78 is 91.3. The molecule has 0 unspecified atom stereocenters. The van der Waals surface area contributed by atoms with Crippen LogP contribution in [0.1, 0.15) is 5.56 Å². The highest BCUT2D eigenvalue weighted by atomic mass is 19.2. The summed E-state index contributed by atoms with van der Waals surface area (Å²) in [5.41, 5.74) is -2.21. The number of aliphatic imine (C=N–C) groups is 1. The Morgan fingerprint density at radius 2 is 1.27 bits per heavy atom. The first kappa shape index (κ1) is 15.8. The van der Waals surface area contributed by atoms with Gasteiger partial charge in [-0.05, 0) is 6.07 Å². The second kappa shape index (κ2) is 5.66. The highest BCUT2D eigenvalue weighted by Crippen LogP contribution is 2.30. The van der Waals surface area contributed by atoms with E-state index in [-0.39, 0.29) is 0 Å². The van der Waals surface area contributed by atoms with Gasteiger partial charge in [-0.2, -0.15) is 0 Å². The zero-order chi connectivity index (χ0) is 16.6. The molecule has 0 aliphatic carbocycles. The van der Waals surface area contributed by atoms with Crippen LogP contribution in [-0.4, -0.2) is 11.3 Å². The van der Waals surface area contributed by atoms with Crippen LogP contribution < -0.4 is 0 Å². The molecule has 0 bridgehead atoms. The van der Waals surface area contributed by atoms with Crippen molar-refractivity contribution in [2.75, 3.05) is 0 Å². The predicted molar refractivity (Wildman–Crippen MR) is 61.5 cm³/mol. The van der Waals surface area contributed by atoms with Crippen LogP contribution in [0.4, 0.5) is 36.4 Å². The second-order valence-corrected chi connectivity index (χ2v) is 4.00. The zero-order valence-corrected chi connectivity index (χ0v) is 10.3. The largest absolute Gasteiger partial charge is 0.504 e. The maximum absolute atomic E-state index is 13.3. The highest BCUT2D eigenvalue weighted by Gasteiger charge is 2.25. The lowest BCUT2D eigenvalue weighted by atomic mass is 10.2. The van der Waals surface area contributed by atoms with Gasteiger partial charge >= 0.3 is 0 Å². The van der Waals surface area contributed by atoms with Gasteiger partial charge in [-0.1, -0.05) is 0 Å². The van der Waals surface area contributed by atoms with Gasteiger partial charge in [-0.25, -0.2) is 35.7 Å². The standard InChI is InChI=1S/C13H4F7NO/c14-5-1-4(13(22)6(15)2-5)3-21-12-10(19)8(17)7(16)9(18)11(12)20/h1-3,22H. The average Bonchev–Trinajstić information content (AvgIpc) is 2.47. The van der Waals surface area contributed by atoms with E-state index < -0.39 is 57.7 Å². The number of benzene rings is 2. The topological polar surface area (TPSA) is 32.6 Å². The summed E-state index contributed by atoms with van der Waals surface area (Å²) in [6, 6.07) is 0.874. The molecule has 9 heteroatoms. The molecule has 1 N–H and O–H groups in total. The van der Waals surface area contributed by atoms with Crippen LogP contribution in [0.25, 0.3) is 0 Å². The van der Waals surface area contributed by atoms with E-state index in [2.05, 4.69) is 4.99 Å². The Morgan fingerprint density at radius 1 is 0.773 bits per heavy atom. The molecule has 0 aliphatic heterocycles. The molecule has 116 valence electrons. The molecular weight excluding hydrogens is 319 g/mol. The lowest BCUT2D eigenvalue weighted by molar-refractivity contribution is 0.381. The Balaban J connectivity index is 2.57. The van der Waals surface area contributed by atoms with E-state index in [9.17, 15) is 35.8 Å². The molecule has 0 aliphatic rings. The van der Waals surface area contributed by atoms with Crippen LogP contribution in [0.2, 0.25) is 0 Å². The first-order valence-corrected chi connectivity index (χ1v) is 5.47. The Morgan fingerprint density at radius 3 is 1.82 bits per heavy atom. The fraction of sp³-hybridized carbons (Fsp3) is 0. The van der Waals surface area contributed by atoms with Crippen molar-refractivity contribution in [3.63, 3.8) is 0 Å². The fourth-order valence-electron chi connectivity index (χ4n) is 1.53. The maximum atomic E-state index is 13.3. The molecule has 0 heterocycles. The van der Waals surface area contributed by atoms with Gasteiger partial charge in [0.2, 0.25) is 5.82 Å². The number of halogens is 7. The second-order valence-electron chi connectivity index (χ2n) is 4.00. The minimum Gasteiger partial charge on any atom is -0.504 e. The van der Waals surface area contributed by atoms with Crippen LogP contribution in [-0.2, 0) is 0 Å². The van der Waals surface area contributed by atoms with Gasteiger partial charge in [0, 0.05) is 17.8 Å². The van der Waals surface area contributed by atoms with Crippen molar-refractivity contribution in [3.05, 3.63) is 58.4 Å². The van der Waals surface area contributed by atoms with Crippen LogP contribution in [0, 0.1) is 40.7 Å². The minimum absolute atomic E-state index is 0.324. The average molecular weight is 323 g/mol. The fourth-order valence-corrected chi connectivity index (χ4v) is 1.53. The number of phenolic OH excluding ortho intramolecular Hbond substituents is 1. The quantitative estimate of drug-likeness (QED) is 0.383. The molecule has 0 fully saturated rings. The Labute approximate surface area is 118 Å². The summed E-state index contributed by atoms with van der Waals surface area (Å²) in [6.07, 6.45) is 0.361. The lowest BCUT2D eigenvalue weighted by Gasteiger charge is -2.04. The van der Waals surface area contributed by atoms with E-state index in [4.69, 9.17) is 0 Å². The van der Waals surface area contributed by atoms with Crippen LogP contribution in [0.5, 0.6) is 5.75 Å². The van der Waals surface area contributed by atoms with E-state index in [0.29, 0.717) is 18.3 Å². The summed E-state index contributed by atoms with van der Waals surface area (Å²) >= 11 is 0. The molecular formula is C13H4F7NO. The SMILES string of the molecule is Oc1c(F)cc(F)cc1C=Nc1c(F)c(F)c(F)c(F)c1F. The maximum Gasteiger partial charge on any atom is 0.200 e. The van der Waals surface area contributed by atoms with Crippen molar-refractivity contribution in [2.24, 2.45) is 4.99 Å². The molecule has 2 nitrogen and oxygen atoms in total. The van der Waals surface area contributed by atoms with Gasteiger partial charge in [-0.3, -0.25) is 0 Å². The molecule has 2 aromatic rings. The highest BCUT2D eigenvalue weighted by molar-refractivity contribution is 5.85. The van der Waals surface area contributed by atoms with Gasteiger partial charge < -0.3 is 5.11 Å². The lowest BCUT2D eigenvalue weighted by Crippen LogP contribution is -2.01. The summed E-state index contributed by atoms with van der Waals surface area (Å²) in [5, 5.41) is 9.26. The molecule has 2 aromatic carbocycles. The number of nitrogens with zero attached hydrogens (tertiary/aromatic N) is 1. The van der Waals surface area contributed by atoms with Crippen LogP contribution >= 0.6 is 0 Å². The summed E-state index contributed by atoms with van der Waals surface area (Å²) in [4.78, 5) is 2.97. The molecule has 0 atom stereocenters. The van der Waals surface area contributed by atoms with Crippen molar-refractivity contribution in [1.29, 1.82) is 0 Å². The van der Waals surface area contributed by atoms with Gasteiger partial charge in [-0.15, -0.1) is 0 Å². The van der Waals surface area contributed by atoms with Gasteiger partial charge in [0.25, 0.3) is 0 Å². The van der Waals surface area contributed by atoms with E-state index in [1.807, 2.05) is 0 Å². The third-order valence-electron chi connectivity index (χ3n) is 2.58. The molecule has 0 radical (unpaired) electrons. The van der Waals surface area contributed by atoms with E-state index in [1.165, 1.54) is 0 Å². The number of rotatable bonds is 2. The molecule has 0 amide bonds. The smallest absolute Gasteiger partial charge is 0.200 e. The summed E-state index contributed by atoms with van der Waals surface area (Å²) in [6.45, 7) is 0. The zero-order valence-electron chi connectivity index (χ0n) is 10.3. The van der Waals surface area contributed by atoms with Crippen molar-refractivity contribution in [1.82, 2.24) is 0 Å². The van der Waals surface area contributed by atoms with Crippen LogP contribution in [0.3, 0.4) is 0 Å². The van der Waals surface area contributed by atoms with Gasteiger partial charge in [0.15, 0.2) is 34.8 Å². The Kier molecular flexibility index (Phi) is 4.07. The number of hydrogen-bond donors (Lipinski definition) is 1. The molecule has 0 aromatic heterocycles. The van der Waals surface area contributed by atoms with Crippen molar-refractivity contribution in [3.8, 4) is 5.75 Å². The third-order valence-corrected chi connectivity index (χ3v) is 2.58. The van der Waals surface area contributed by atoms with Crippen molar-refractivity contribution < 1.29 is 35.8 Å². The van der Waals surface area contributed by atoms with Crippen LogP contribution in [0.15, 0.2) is 17.1 Å². The van der Waals surface area contributed by atoms with Gasteiger partial charge in [0.05, 0.1) is 0 Å². The number of hydrogen-bond acceptors (Lipinski definition) is 2. The van der Waals surface area contributed by atoms with E-state index in [1.54, 1.807) is 0 Å². The van der Waals surface area contributed by atoms with Crippen molar-refractivity contribution in [2.45, 2.75) is 0 Å². The number of aromatic hydroxyl groups is 1. The molecule has 0 saturated heterocycles. The third kappa shape index (κ3) is 2.61.